The number of amides is 1. The van der Waals surface area contributed by atoms with E-state index < -0.39 is 34.3 Å². The van der Waals surface area contributed by atoms with Crippen LogP contribution in [0.15, 0.2) is 59.5 Å². The fourth-order valence-corrected chi connectivity index (χ4v) is 5.97. The van der Waals surface area contributed by atoms with Crippen LogP contribution in [-0.4, -0.2) is 63.2 Å². The van der Waals surface area contributed by atoms with E-state index in [0.717, 1.165) is 17.7 Å². The topological polar surface area (TPSA) is 138 Å². The average Bonchev–Trinajstić information content (AvgIpc) is 3.06. The van der Waals surface area contributed by atoms with Crippen LogP contribution in [0.1, 0.15) is 74.6 Å². The third kappa shape index (κ3) is 10.6. The number of piperidine rings is 1. The lowest BCUT2D eigenvalue weighted by molar-refractivity contribution is 0.0139. The van der Waals surface area contributed by atoms with Crippen molar-refractivity contribution in [2.75, 3.05) is 20.1 Å². The summed E-state index contributed by atoms with van der Waals surface area (Å²) in [6.07, 6.45) is 2.33. The van der Waals surface area contributed by atoms with Crippen LogP contribution in [0.3, 0.4) is 0 Å². The van der Waals surface area contributed by atoms with Crippen molar-refractivity contribution in [2.45, 2.75) is 78.2 Å². The van der Waals surface area contributed by atoms with Gasteiger partial charge < -0.3 is 24.3 Å². The number of carbonyl (C=O) groups excluding carboxylic acids is 2. The van der Waals surface area contributed by atoms with Gasteiger partial charge in [0.15, 0.2) is 12.0 Å². The van der Waals surface area contributed by atoms with E-state index in [-0.39, 0.29) is 52.2 Å². The Labute approximate surface area is 290 Å². The Morgan fingerprint density at radius 2 is 1.73 bits per heavy atom. The van der Waals surface area contributed by atoms with Gasteiger partial charge in [0.25, 0.3) is 0 Å². The summed E-state index contributed by atoms with van der Waals surface area (Å²) in [4.78, 5) is 40.7. The highest BCUT2D eigenvalue weighted by Gasteiger charge is 2.37. The lowest BCUT2D eigenvalue weighted by atomic mass is 9.87. The number of nitrogens with zero attached hydrogens (tertiary/aromatic N) is 2. The molecule has 0 spiro atoms. The van der Waals surface area contributed by atoms with Crippen molar-refractivity contribution in [3.63, 3.8) is 0 Å². The smallest absolute Gasteiger partial charge is 0.410 e. The Morgan fingerprint density at radius 1 is 1.08 bits per heavy atom. The second kappa shape index (κ2) is 17.3. The molecule has 1 aliphatic heterocycles. The van der Waals surface area contributed by atoms with E-state index in [1.54, 1.807) is 37.3 Å². The summed E-state index contributed by atoms with van der Waals surface area (Å²) >= 11 is 0.654. The van der Waals surface area contributed by atoms with Crippen LogP contribution < -0.4 is 15.5 Å². The molecule has 3 aromatic rings. The minimum Gasteiger partial charge on any atom is -0.483 e. The highest BCUT2D eigenvalue weighted by molar-refractivity contribution is 8.26. The minimum atomic E-state index is -0.814. The monoisotopic (exact) mass is 697 g/mol. The maximum Gasteiger partial charge on any atom is 0.410 e. The maximum absolute atomic E-state index is 14.2. The van der Waals surface area contributed by atoms with Crippen LogP contribution in [0.4, 0.5) is 13.6 Å². The van der Waals surface area contributed by atoms with Crippen molar-refractivity contribution in [2.24, 2.45) is 0 Å². The number of nitrogens with one attached hydrogen (secondary N) is 3. The van der Waals surface area contributed by atoms with E-state index in [1.165, 1.54) is 12.3 Å². The molecule has 1 saturated heterocycles. The van der Waals surface area contributed by atoms with E-state index >= 15 is 0 Å². The molecule has 0 bridgehead atoms. The normalized spacial score (nSPS) is 13.9. The molecular weight excluding hydrogens is 652 g/mol. The first-order chi connectivity index (χ1) is 23.2. The Hall–Kier alpha value is -4.36. The number of rotatable bonds is 10. The molecule has 0 unspecified atom stereocenters. The SMILES string of the molecule is CC.CNC1(Cn2cc(C(=N)SC(=N)Cc3ccc(F)cc3F)c(=O)c(OCc3ccccc3)c2C=O)CCN(C(=O)OC(C)(C)C)CC1. The largest absolute Gasteiger partial charge is 0.483 e. The highest BCUT2D eigenvalue weighted by atomic mass is 32.2. The zero-order chi connectivity index (χ0) is 36.4. The molecule has 49 heavy (non-hydrogen) atoms. The van der Waals surface area contributed by atoms with Crippen LogP contribution in [0.25, 0.3) is 0 Å². The zero-order valence-electron chi connectivity index (χ0n) is 28.8. The molecule has 1 amide bonds. The van der Waals surface area contributed by atoms with Crippen molar-refractivity contribution in [1.82, 2.24) is 14.8 Å². The fourth-order valence-electron chi connectivity index (χ4n) is 5.25. The number of aldehydes is 1. The van der Waals surface area contributed by atoms with Gasteiger partial charge in [0.2, 0.25) is 5.43 Å². The Balaban J connectivity index is 0.00000319. The van der Waals surface area contributed by atoms with E-state index in [9.17, 15) is 23.2 Å². The molecular formula is C36H45F2N5O5S. The second-order valence-corrected chi connectivity index (χ2v) is 13.5. The number of thioether (sulfide) groups is 1. The molecule has 0 atom stereocenters. The first-order valence-corrected chi connectivity index (χ1v) is 16.9. The second-order valence-electron chi connectivity index (χ2n) is 12.4. The number of hydrogen-bond donors (Lipinski definition) is 3. The maximum atomic E-state index is 14.2. The molecule has 1 aliphatic rings. The van der Waals surface area contributed by atoms with Crippen LogP contribution in [0, 0.1) is 22.5 Å². The van der Waals surface area contributed by atoms with Gasteiger partial charge in [0.1, 0.15) is 34.6 Å². The van der Waals surface area contributed by atoms with Crippen LogP contribution in [-0.2, 0) is 24.3 Å². The Morgan fingerprint density at radius 3 is 2.31 bits per heavy atom. The number of halogens is 2. The quantitative estimate of drug-likeness (QED) is 0.120. The molecule has 2 aromatic carbocycles. The summed E-state index contributed by atoms with van der Waals surface area (Å²) in [5.74, 6) is -1.79. The summed E-state index contributed by atoms with van der Waals surface area (Å²) < 4.78 is 40.7. The molecule has 0 aliphatic carbocycles. The number of benzene rings is 2. The number of aromatic nitrogens is 1. The molecule has 1 fully saturated rings. The van der Waals surface area contributed by atoms with E-state index in [2.05, 4.69) is 5.32 Å². The van der Waals surface area contributed by atoms with Gasteiger partial charge in [-0.15, -0.1) is 0 Å². The Bertz CT molecular complexity index is 1700. The fraction of sp³-hybridized carbons (Fsp3) is 0.417. The van der Waals surface area contributed by atoms with Gasteiger partial charge in [-0.05, 0) is 57.9 Å². The number of likely N-dealkylation sites (tertiary alicyclic amines) is 1. The highest BCUT2D eigenvalue weighted by Crippen LogP contribution is 2.28. The van der Waals surface area contributed by atoms with Gasteiger partial charge in [-0.25, -0.2) is 13.6 Å². The van der Waals surface area contributed by atoms with Crippen molar-refractivity contribution < 1.29 is 27.8 Å². The lowest BCUT2D eigenvalue weighted by Crippen LogP contribution is -2.56. The van der Waals surface area contributed by atoms with Gasteiger partial charge in [0, 0.05) is 43.9 Å². The summed E-state index contributed by atoms with van der Waals surface area (Å²) in [6, 6.07) is 12.1. The molecule has 3 N–H and O–H groups in total. The van der Waals surface area contributed by atoms with Crippen LogP contribution in [0.5, 0.6) is 5.75 Å². The molecule has 0 saturated carbocycles. The Kier molecular flexibility index (Phi) is 13.8. The number of pyridine rings is 1. The first kappa shape index (κ1) is 39.1. The third-order valence-electron chi connectivity index (χ3n) is 7.83. The van der Waals surface area contributed by atoms with Gasteiger partial charge >= 0.3 is 6.09 Å². The summed E-state index contributed by atoms with van der Waals surface area (Å²) in [5.41, 5.74) is -1.22. The molecule has 2 heterocycles. The van der Waals surface area contributed by atoms with Crippen LogP contribution in [0.2, 0.25) is 0 Å². The molecule has 10 nitrogen and oxygen atoms in total. The molecule has 13 heteroatoms. The van der Waals surface area contributed by atoms with E-state index in [4.69, 9.17) is 20.3 Å². The van der Waals surface area contributed by atoms with E-state index in [1.807, 2.05) is 44.2 Å². The summed E-state index contributed by atoms with van der Waals surface area (Å²) in [6.45, 7) is 10.4. The van der Waals surface area contributed by atoms with Crippen molar-refractivity contribution in [1.29, 1.82) is 10.8 Å². The minimum absolute atomic E-state index is 0.0114. The molecule has 0 radical (unpaired) electrons. The number of likely N-dealkylation sites (N-methyl/N-ethyl adjacent to an activating group) is 1. The molecule has 4 rings (SSSR count). The lowest BCUT2D eigenvalue weighted by Gasteiger charge is -2.42. The summed E-state index contributed by atoms with van der Waals surface area (Å²) in [7, 11) is 1.79. The standard InChI is InChI=1S/C34H39F2N5O5S.C2H6/c1-33(2,3)46-32(44)40-14-12-34(39-4,13-15-40)21-41-18-25(31(38)47-28(37)16-23-10-11-24(35)17-26(23)36)29(43)30(27(41)19-42)45-20-22-8-6-5-7-9-22;1-2/h5-11,17-19,37-39H,12-16,20-21H2,1-4H3;1-2H3. The summed E-state index contributed by atoms with van der Waals surface area (Å²) in [5, 5.41) is 20.1. The third-order valence-corrected chi connectivity index (χ3v) is 8.64. The van der Waals surface area contributed by atoms with Gasteiger partial charge in [-0.2, -0.15) is 0 Å². The van der Waals surface area contributed by atoms with Gasteiger partial charge in [0.05, 0.1) is 10.6 Å². The molecule has 264 valence electrons. The van der Waals surface area contributed by atoms with Crippen molar-refractivity contribution >= 4 is 34.2 Å². The zero-order valence-corrected chi connectivity index (χ0v) is 29.6. The van der Waals surface area contributed by atoms with E-state index in [0.29, 0.717) is 44.0 Å². The van der Waals surface area contributed by atoms with Crippen molar-refractivity contribution in [3.05, 3.63) is 99.0 Å². The molecule has 1 aromatic heterocycles. The number of hydrogen-bond acceptors (Lipinski definition) is 9. The predicted octanol–water partition coefficient (Wildman–Crippen LogP) is 6.81. The van der Waals surface area contributed by atoms with Crippen LogP contribution >= 0.6 is 11.8 Å². The predicted molar refractivity (Wildman–Crippen MR) is 189 cm³/mol. The number of ether oxygens (including phenoxy) is 2. The average molecular weight is 698 g/mol. The van der Waals surface area contributed by atoms with Gasteiger partial charge in [-0.3, -0.25) is 20.4 Å². The number of carbonyl (C=O) groups is 2. The van der Waals surface area contributed by atoms with Gasteiger partial charge in [-0.1, -0.05) is 62.0 Å². The first-order valence-electron chi connectivity index (χ1n) is 16.1. The van der Waals surface area contributed by atoms with Crippen molar-refractivity contribution in [3.8, 4) is 5.75 Å².